The highest BCUT2D eigenvalue weighted by Crippen LogP contribution is 2.37. The Labute approximate surface area is 110 Å². The van der Waals surface area contributed by atoms with Crippen molar-refractivity contribution >= 4 is 5.91 Å². The van der Waals surface area contributed by atoms with Crippen LogP contribution in [0, 0.1) is 17.2 Å². The highest BCUT2D eigenvalue weighted by atomic mass is 16.5. The van der Waals surface area contributed by atoms with E-state index in [0.717, 1.165) is 6.42 Å². The summed E-state index contributed by atoms with van der Waals surface area (Å²) in [5.41, 5.74) is 6.73. The lowest BCUT2D eigenvalue weighted by atomic mass is 9.72. The number of carbonyl (C=O) groups excluding carboxylic acids is 1. The first-order valence-corrected chi connectivity index (χ1v) is 6.25. The largest absolute Gasteiger partial charge is 0.376 e. The second-order valence-electron chi connectivity index (χ2n) is 4.91. The maximum Gasteiger partial charge on any atom is 0.270 e. The Kier molecular flexibility index (Phi) is 2.93. The summed E-state index contributed by atoms with van der Waals surface area (Å²) >= 11 is 0. The topological polar surface area (TPSA) is 101 Å². The van der Waals surface area contributed by atoms with Gasteiger partial charge in [-0.2, -0.15) is 5.26 Å². The van der Waals surface area contributed by atoms with E-state index in [1.807, 2.05) is 6.07 Å². The number of hydrogen-bond acceptors (Lipinski definition) is 5. The van der Waals surface area contributed by atoms with Gasteiger partial charge in [-0.3, -0.25) is 4.79 Å². The monoisotopic (exact) mass is 258 g/mol. The molecule has 0 aromatic carbocycles. The predicted molar refractivity (Wildman–Crippen MR) is 66.0 cm³/mol. The molecule has 0 bridgehead atoms. The molecule has 1 aromatic heterocycles. The van der Waals surface area contributed by atoms with Gasteiger partial charge >= 0.3 is 0 Å². The number of nitrogens with zero attached hydrogens (tertiary/aromatic N) is 2. The molecule has 3 N–H and O–H groups in total. The van der Waals surface area contributed by atoms with Gasteiger partial charge in [0.15, 0.2) is 0 Å². The first-order chi connectivity index (χ1) is 9.20. The van der Waals surface area contributed by atoms with E-state index < -0.39 is 0 Å². The zero-order chi connectivity index (χ0) is 13.4. The molecule has 1 saturated carbocycles. The summed E-state index contributed by atoms with van der Waals surface area (Å²) in [7, 11) is 0. The fourth-order valence-electron chi connectivity index (χ4n) is 2.75. The fourth-order valence-corrected chi connectivity index (χ4v) is 2.75. The average Bonchev–Trinajstić information content (AvgIpc) is 2.89. The summed E-state index contributed by atoms with van der Waals surface area (Å²) in [6.07, 6.45) is 2.38. The van der Waals surface area contributed by atoms with Crippen LogP contribution in [0.1, 0.15) is 22.5 Å². The van der Waals surface area contributed by atoms with Crippen LogP contribution < -0.4 is 11.1 Å². The molecule has 2 aliphatic rings. The van der Waals surface area contributed by atoms with E-state index in [-0.39, 0.29) is 29.8 Å². The van der Waals surface area contributed by atoms with Gasteiger partial charge in [0, 0.05) is 24.8 Å². The zero-order valence-corrected chi connectivity index (χ0v) is 10.2. The molecule has 19 heavy (non-hydrogen) atoms. The molecule has 0 spiro atoms. The van der Waals surface area contributed by atoms with Crippen LogP contribution in [-0.2, 0) is 4.74 Å². The Morgan fingerprint density at radius 3 is 3.11 bits per heavy atom. The Morgan fingerprint density at radius 2 is 2.42 bits per heavy atom. The minimum atomic E-state index is -0.279. The molecular formula is C13H14N4O2. The van der Waals surface area contributed by atoms with Gasteiger partial charge in [-0.1, -0.05) is 0 Å². The normalized spacial score (nSPS) is 32.0. The van der Waals surface area contributed by atoms with Crippen LogP contribution in [0.4, 0.5) is 0 Å². The number of nitriles is 1. The zero-order valence-electron chi connectivity index (χ0n) is 10.2. The van der Waals surface area contributed by atoms with E-state index in [2.05, 4.69) is 10.3 Å². The van der Waals surface area contributed by atoms with E-state index in [4.69, 9.17) is 15.7 Å². The van der Waals surface area contributed by atoms with Crippen LogP contribution >= 0.6 is 0 Å². The van der Waals surface area contributed by atoms with Crippen LogP contribution in [0.3, 0.4) is 0 Å². The van der Waals surface area contributed by atoms with Crippen LogP contribution in [0.2, 0.25) is 0 Å². The second-order valence-corrected chi connectivity index (χ2v) is 4.91. The molecule has 1 saturated heterocycles. The third-order valence-electron chi connectivity index (χ3n) is 3.87. The van der Waals surface area contributed by atoms with Crippen molar-refractivity contribution in [1.82, 2.24) is 10.3 Å². The smallest absolute Gasteiger partial charge is 0.270 e. The third kappa shape index (κ3) is 1.97. The van der Waals surface area contributed by atoms with Gasteiger partial charge < -0.3 is 15.8 Å². The summed E-state index contributed by atoms with van der Waals surface area (Å²) in [4.78, 5) is 16.0. The maximum atomic E-state index is 12.0. The minimum Gasteiger partial charge on any atom is -0.376 e. The molecular weight excluding hydrogens is 244 g/mol. The van der Waals surface area contributed by atoms with Crippen molar-refractivity contribution in [3.63, 3.8) is 0 Å². The molecule has 4 atom stereocenters. The Bertz CT molecular complexity index is 537. The fraction of sp³-hybridized carbons (Fsp3) is 0.462. The molecule has 4 unspecified atom stereocenters. The lowest BCUT2D eigenvalue weighted by Gasteiger charge is -2.45. The van der Waals surface area contributed by atoms with Crippen molar-refractivity contribution in [3.05, 3.63) is 29.6 Å². The van der Waals surface area contributed by atoms with Gasteiger partial charge in [-0.25, -0.2) is 4.98 Å². The van der Waals surface area contributed by atoms with Crippen molar-refractivity contribution in [2.75, 3.05) is 6.61 Å². The molecule has 1 amide bonds. The van der Waals surface area contributed by atoms with Gasteiger partial charge in [0.25, 0.3) is 5.91 Å². The number of rotatable bonds is 2. The van der Waals surface area contributed by atoms with Gasteiger partial charge in [-0.05, 0) is 18.6 Å². The van der Waals surface area contributed by atoms with Crippen molar-refractivity contribution in [1.29, 1.82) is 5.26 Å². The first-order valence-electron chi connectivity index (χ1n) is 6.25. The standard InChI is InChI=1S/C13H14N4O2/c14-5-7-1-2-9(16-6-7)13(18)17-11-10(15)8-3-4-19-12(8)11/h1-2,6,8,10-12H,3-4,15H2,(H,17,18). The predicted octanol–water partition coefficient (Wildman–Crippen LogP) is -0.202. The molecule has 3 rings (SSSR count). The average molecular weight is 258 g/mol. The molecule has 98 valence electrons. The number of ether oxygens (including phenoxy) is 1. The van der Waals surface area contributed by atoms with Crippen LogP contribution in [0.5, 0.6) is 0 Å². The van der Waals surface area contributed by atoms with E-state index in [0.29, 0.717) is 18.1 Å². The van der Waals surface area contributed by atoms with Crippen LogP contribution in [0.25, 0.3) is 0 Å². The van der Waals surface area contributed by atoms with Crippen molar-refractivity contribution in [2.24, 2.45) is 11.7 Å². The van der Waals surface area contributed by atoms with Gasteiger partial charge in [-0.15, -0.1) is 0 Å². The molecule has 1 aliphatic carbocycles. The number of pyridine rings is 1. The summed E-state index contributed by atoms with van der Waals surface area (Å²) in [5.74, 6) is 0.0816. The summed E-state index contributed by atoms with van der Waals surface area (Å²) in [6.45, 7) is 0.713. The van der Waals surface area contributed by atoms with Crippen molar-refractivity contribution < 1.29 is 9.53 Å². The second kappa shape index (κ2) is 4.61. The Balaban J connectivity index is 1.66. The Morgan fingerprint density at radius 1 is 1.58 bits per heavy atom. The maximum absolute atomic E-state index is 12.0. The number of amides is 1. The molecule has 1 aliphatic heterocycles. The minimum absolute atomic E-state index is 0.0392. The lowest BCUT2D eigenvalue weighted by molar-refractivity contribution is -0.0161. The SMILES string of the molecule is N#Cc1ccc(C(=O)NC2C(N)C3CCOC32)nc1. The van der Waals surface area contributed by atoms with Gasteiger partial charge in [0.2, 0.25) is 0 Å². The summed E-state index contributed by atoms with van der Waals surface area (Å²) in [5, 5.41) is 11.5. The van der Waals surface area contributed by atoms with Crippen LogP contribution in [0.15, 0.2) is 18.3 Å². The van der Waals surface area contributed by atoms with Crippen molar-refractivity contribution in [2.45, 2.75) is 24.6 Å². The molecule has 6 heteroatoms. The number of nitrogens with one attached hydrogen (secondary N) is 1. The third-order valence-corrected chi connectivity index (χ3v) is 3.87. The number of carbonyl (C=O) groups is 1. The van der Waals surface area contributed by atoms with Crippen LogP contribution in [-0.4, -0.2) is 35.7 Å². The van der Waals surface area contributed by atoms with E-state index in [9.17, 15) is 4.79 Å². The number of nitrogens with two attached hydrogens (primary N) is 1. The number of hydrogen-bond donors (Lipinski definition) is 2. The van der Waals surface area contributed by atoms with E-state index >= 15 is 0 Å². The molecule has 2 fully saturated rings. The lowest BCUT2D eigenvalue weighted by Crippen LogP contribution is -2.69. The highest BCUT2D eigenvalue weighted by molar-refractivity contribution is 5.92. The number of fused-ring (bicyclic) bond motifs is 1. The molecule has 6 nitrogen and oxygen atoms in total. The van der Waals surface area contributed by atoms with Crippen molar-refractivity contribution in [3.8, 4) is 6.07 Å². The van der Waals surface area contributed by atoms with E-state index in [1.165, 1.54) is 12.3 Å². The summed E-state index contributed by atoms with van der Waals surface area (Å²) in [6, 6.07) is 4.87. The molecule has 2 heterocycles. The summed E-state index contributed by atoms with van der Waals surface area (Å²) < 4.78 is 5.55. The highest BCUT2D eigenvalue weighted by Gasteiger charge is 2.52. The Hall–Kier alpha value is -1.97. The van der Waals surface area contributed by atoms with Gasteiger partial charge in [0.05, 0.1) is 17.7 Å². The first kappa shape index (κ1) is 12.1. The van der Waals surface area contributed by atoms with E-state index in [1.54, 1.807) is 6.07 Å². The van der Waals surface area contributed by atoms with Gasteiger partial charge in [0.1, 0.15) is 11.8 Å². The number of aromatic nitrogens is 1. The molecule has 0 radical (unpaired) electrons. The molecule has 1 aromatic rings. The quantitative estimate of drug-likeness (QED) is 0.765.